The summed E-state index contributed by atoms with van der Waals surface area (Å²) in [6.45, 7) is 2.54. The summed E-state index contributed by atoms with van der Waals surface area (Å²) in [4.78, 5) is 29.5. The van der Waals surface area contributed by atoms with Crippen molar-refractivity contribution in [3.63, 3.8) is 0 Å². The molecule has 0 bridgehead atoms. The monoisotopic (exact) mass is 509 g/mol. The standard InChI is InChI=1S/C27H25Cl2N3O3/c1-35-26-20(17-21(28)18-22(26)29)11-12-25(33)30-23-9-5-6-10-24(23)31-13-15-32(16-14-31)27(34)19-7-3-2-4-8-19/h2-12,17-18H,13-16H2,1H3,(H,30,33). The molecule has 1 N–H and O–H groups in total. The number of nitrogens with one attached hydrogen (secondary N) is 1. The quantitative estimate of drug-likeness (QED) is 0.438. The van der Waals surface area contributed by atoms with E-state index in [1.165, 1.54) is 13.2 Å². The van der Waals surface area contributed by atoms with Gasteiger partial charge in [-0.2, -0.15) is 0 Å². The molecule has 1 aliphatic rings. The highest BCUT2D eigenvalue weighted by molar-refractivity contribution is 6.36. The van der Waals surface area contributed by atoms with Crippen LogP contribution in [0.5, 0.6) is 5.75 Å². The molecule has 1 saturated heterocycles. The van der Waals surface area contributed by atoms with Gasteiger partial charge in [0.05, 0.1) is 23.5 Å². The predicted octanol–water partition coefficient (Wildman–Crippen LogP) is 5.62. The van der Waals surface area contributed by atoms with Crippen molar-refractivity contribution in [2.45, 2.75) is 0 Å². The fraction of sp³-hybridized carbons (Fsp3) is 0.185. The molecular weight excluding hydrogens is 485 g/mol. The van der Waals surface area contributed by atoms with Gasteiger partial charge in [-0.15, -0.1) is 0 Å². The molecule has 3 aromatic carbocycles. The van der Waals surface area contributed by atoms with Crippen molar-refractivity contribution in [2.75, 3.05) is 43.5 Å². The number of para-hydroxylation sites is 2. The molecule has 0 saturated carbocycles. The van der Waals surface area contributed by atoms with E-state index >= 15 is 0 Å². The minimum atomic E-state index is -0.298. The Kier molecular flexibility index (Phi) is 7.95. The van der Waals surface area contributed by atoms with Crippen molar-refractivity contribution in [2.24, 2.45) is 0 Å². The van der Waals surface area contributed by atoms with Gasteiger partial charge in [-0.1, -0.05) is 53.5 Å². The van der Waals surface area contributed by atoms with E-state index in [0.717, 1.165) is 5.69 Å². The molecule has 3 aromatic rings. The Labute approximate surface area is 214 Å². The topological polar surface area (TPSA) is 61.9 Å². The van der Waals surface area contributed by atoms with Crippen LogP contribution in [0.1, 0.15) is 15.9 Å². The Hall–Kier alpha value is -3.48. The van der Waals surface area contributed by atoms with Crippen molar-refractivity contribution in [1.82, 2.24) is 4.90 Å². The van der Waals surface area contributed by atoms with Crippen LogP contribution in [0.2, 0.25) is 10.0 Å². The first-order valence-corrected chi connectivity index (χ1v) is 11.9. The number of piperazine rings is 1. The second-order valence-electron chi connectivity index (χ2n) is 8.00. The average molecular weight is 510 g/mol. The molecule has 6 nitrogen and oxygen atoms in total. The molecule has 0 unspecified atom stereocenters. The highest BCUT2D eigenvalue weighted by Gasteiger charge is 2.23. The molecule has 2 amide bonds. The van der Waals surface area contributed by atoms with Gasteiger partial charge in [-0.3, -0.25) is 9.59 Å². The van der Waals surface area contributed by atoms with Crippen LogP contribution in [-0.2, 0) is 4.79 Å². The summed E-state index contributed by atoms with van der Waals surface area (Å²) in [5, 5.41) is 3.77. The summed E-state index contributed by atoms with van der Waals surface area (Å²) in [6, 6.07) is 20.2. The summed E-state index contributed by atoms with van der Waals surface area (Å²) in [5.74, 6) is 0.186. The van der Waals surface area contributed by atoms with E-state index in [2.05, 4.69) is 10.2 Å². The molecule has 4 rings (SSSR count). The maximum absolute atomic E-state index is 12.7. The van der Waals surface area contributed by atoms with E-state index in [1.807, 2.05) is 59.5 Å². The van der Waals surface area contributed by atoms with Gasteiger partial charge < -0.3 is 19.9 Å². The molecule has 8 heteroatoms. The van der Waals surface area contributed by atoms with Gasteiger partial charge in [0.1, 0.15) is 5.75 Å². The number of methoxy groups -OCH3 is 1. The molecule has 0 aliphatic carbocycles. The molecule has 0 spiro atoms. The maximum Gasteiger partial charge on any atom is 0.253 e. The van der Waals surface area contributed by atoms with Crippen LogP contribution in [0, 0.1) is 0 Å². The van der Waals surface area contributed by atoms with Gasteiger partial charge in [-0.05, 0) is 42.5 Å². The fourth-order valence-electron chi connectivity index (χ4n) is 4.03. The molecule has 180 valence electrons. The number of hydrogen-bond donors (Lipinski definition) is 1. The van der Waals surface area contributed by atoms with Crippen LogP contribution in [0.15, 0.2) is 72.8 Å². The normalized spacial score (nSPS) is 13.7. The minimum absolute atomic E-state index is 0.0357. The molecule has 0 aromatic heterocycles. The Bertz CT molecular complexity index is 1240. The first-order valence-electron chi connectivity index (χ1n) is 11.2. The number of anilines is 2. The summed E-state index contributed by atoms with van der Waals surface area (Å²) in [6.07, 6.45) is 3.03. The number of carbonyl (C=O) groups is 2. The van der Waals surface area contributed by atoms with Gasteiger partial charge in [0, 0.05) is 48.4 Å². The summed E-state index contributed by atoms with van der Waals surface area (Å²) < 4.78 is 5.33. The van der Waals surface area contributed by atoms with Crippen LogP contribution in [0.25, 0.3) is 6.08 Å². The fourth-order valence-corrected chi connectivity index (χ4v) is 4.61. The number of rotatable bonds is 6. The number of hydrogen-bond acceptors (Lipinski definition) is 4. The zero-order chi connectivity index (χ0) is 24.8. The molecule has 35 heavy (non-hydrogen) atoms. The highest BCUT2D eigenvalue weighted by Crippen LogP contribution is 2.33. The van der Waals surface area contributed by atoms with Crippen molar-refractivity contribution in [3.8, 4) is 5.75 Å². The van der Waals surface area contributed by atoms with Crippen LogP contribution in [0.4, 0.5) is 11.4 Å². The van der Waals surface area contributed by atoms with E-state index < -0.39 is 0 Å². The summed E-state index contributed by atoms with van der Waals surface area (Å²) in [5.41, 5.74) is 2.90. The third-order valence-electron chi connectivity index (χ3n) is 5.75. The maximum atomic E-state index is 12.7. The van der Waals surface area contributed by atoms with E-state index in [0.29, 0.717) is 58.8 Å². The van der Waals surface area contributed by atoms with Crippen LogP contribution >= 0.6 is 23.2 Å². The zero-order valence-electron chi connectivity index (χ0n) is 19.2. The number of nitrogens with zero attached hydrogens (tertiary/aromatic N) is 2. The van der Waals surface area contributed by atoms with Gasteiger partial charge in [0.25, 0.3) is 5.91 Å². The first-order chi connectivity index (χ1) is 17.0. The smallest absolute Gasteiger partial charge is 0.253 e. The van der Waals surface area contributed by atoms with Gasteiger partial charge in [0.2, 0.25) is 5.91 Å². The van der Waals surface area contributed by atoms with E-state index in [-0.39, 0.29) is 11.8 Å². The van der Waals surface area contributed by atoms with Crippen LogP contribution < -0.4 is 15.0 Å². The molecule has 0 atom stereocenters. The molecule has 0 radical (unpaired) electrons. The highest BCUT2D eigenvalue weighted by atomic mass is 35.5. The van der Waals surface area contributed by atoms with Crippen LogP contribution in [0.3, 0.4) is 0 Å². The van der Waals surface area contributed by atoms with Crippen molar-refractivity contribution >= 4 is 52.5 Å². The van der Waals surface area contributed by atoms with Gasteiger partial charge >= 0.3 is 0 Å². The first kappa shape index (κ1) is 24.6. The van der Waals surface area contributed by atoms with E-state index in [9.17, 15) is 9.59 Å². The summed E-state index contributed by atoms with van der Waals surface area (Å²) in [7, 11) is 1.51. The number of amides is 2. The second-order valence-corrected chi connectivity index (χ2v) is 8.84. The Morgan fingerprint density at radius 1 is 0.943 bits per heavy atom. The Morgan fingerprint density at radius 2 is 1.63 bits per heavy atom. The Morgan fingerprint density at radius 3 is 2.34 bits per heavy atom. The molecule has 1 fully saturated rings. The third kappa shape index (κ3) is 5.96. The van der Waals surface area contributed by atoms with Crippen molar-refractivity contribution in [1.29, 1.82) is 0 Å². The minimum Gasteiger partial charge on any atom is -0.495 e. The number of benzene rings is 3. The lowest BCUT2D eigenvalue weighted by molar-refractivity contribution is -0.111. The number of carbonyl (C=O) groups excluding carboxylic acids is 2. The Balaban J connectivity index is 1.42. The molecule has 1 heterocycles. The van der Waals surface area contributed by atoms with E-state index in [1.54, 1.807) is 18.2 Å². The van der Waals surface area contributed by atoms with E-state index in [4.69, 9.17) is 27.9 Å². The number of ether oxygens (including phenoxy) is 1. The van der Waals surface area contributed by atoms with Crippen molar-refractivity contribution < 1.29 is 14.3 Å². The second kappa shape index (κ2) is 11.3. The zero-order valence-corrected chi connectivity index (χ0v) is 20.7. The molecule has 1 aliphatic heterocycles. The lowest BCUT2D eigenvalue weighted by Crippen LogP contribution is -2.49. The number of halogens is 2. The lowest BCUT2D eigenvalue weighted by atomic mass is 10.1. The average Bonchev–Trinajstić information content (AvgIpc) is 2.88. The third-order valence-corrected chi connectivity index (χ3v) is 6.24. The molecular formula is C27H25Cl2N3O3. The SMILES string of the molecule is COc1c(Cl)cc(Cl)cc1C=CC(=O)Nc1ccccc1N1CCN(C(=O)c2ccccc2)CC1. The van der Waals surface area contributed by atoms with Crippen molar-refractivity contribution in [3.05, 3.63) is 94.0 Å². The van der Waals surface area contributed by atoms with Crippen LogP contribution in [-0.4, -0.2) is 50.0 Å². The largest absolute Gasteiger partial charge is 0.495 e. The lowest BCUT2D eigenvalue weighted by Gasteiger charge is -2.37. The van der Waals surface area contributed by atoms with Gasteiger partial charge in [-0.25, -0.2) is 0 Å². The van der Waals surface area contributed by atoms with Gasteiger partial charge in [0.15, 0.2) is 0 Å². The summed E-state index contributed by atoms with van der Waals surface area (Å²) >= 11 is 12.3. The predicted molar refractivity (Wildman–Crippen MR) is 142 cm³/mol.